The molecule has 0 radical (unpaired) electrons. The molecule has 1 unspecified atom stereocenters. The van der Waals surface area contributed by atoms with E-state index >= 15 is 0 Å². The largest absolute Gasteiger partial charge is 0.435 e. The quantitative estimate of drug-likeness (QED) is 0.429. The van der Waals surface area contributed by atoms with Gasteiger partial charge in [-0.05, 0) is 37.5 Å². The summed E-state index contributed by atoms with van der Waals surface area (Å²) in [5.41, 5.74) is 5.37. The number of fused-ring (bicyclic) bond motifs is 1. The predicted octanol–water partition coefficient (Wildman–Crippen LogP) is 3.98. The maximum Gasteiger partial charge on any atom is 0.295 e. The van der Waals surface area contributed by atoms with E-state index in [4.69, 9.17) is 4.42 Å². The molecule has 0 fully saturated rings. The Labute approximate surface area is 200 Å². The number of carbonyl (C=O) groups is 1. The molecule has 5 rings (SSSR count). The van der Waals surface area contributed by atoms with Crippen LogP contribution in [0.1, 0.15) is 46.6 Å². The van der Waals surface area contributed by atoms with Gasteiger partial charge in [-0.1, -0.05) is 13.0 Å². The lowest BCUT2D eigenvalue weighted by Crippen LogP contribution is -2.38. The highest BCUT2D eigenvalue weighted by molar-refractivity contribution is 7.14. The number of hydrogen-bond donors (Lipinski definition) is 2. The van der Waals surface area contributed by atoms with Crippen LogP contribution in [0.25, 0.3) is 11.3 Å². The summed E-state index contributed by atoms with van der Waals surface area (Å²) in [6, 6.07) is 6.10. The van der Waals surface area contributed by atoms with E-state index in [-0.39, 0.29) is 11.7 Å². The van der Waals surface area contributed by atoms with Gasteiger partial charge in [0.05, 0.1) is 11.4 Å². The molecule has 4 heterocycles. The Morgan fingerprint density at radius 3 is 2.88 bits per heavy atom. The first-order valence-electron chi connectivity index (χ1n) is 11.1. The van der Waals surface area contributed by atoms with Gasteiger partial charge in [0.15, 0.2) is 11.0 Å². The summed E-state index contributed by atoms with van der Waals surface area (Å²) in [5, 5.41) is 15.8. The summed E-state index contributed by atoms with van der Waals surface area (Å²) < 4.78 is 5.53. The van der Waals surface area contributed by atoms with Gasteiger partial charge in [-0.25, -0.2) is 19.9 Å². The first kappa shape index (κ1) is 22.2. The summed E-state index contributed by atoms with van der Waals surface area (Å²) in [7, 11) is 0. The fourth-order valence-electron chi connectivity index (χ4n) is 4.06. The number of nitrogens with zero attached hydrogens (tertiary/aromatic N) is 5. The summed E-state index contributed by atoms with van der Waals surface area (Å²) in [4.78, 5) is 31.6. The molecule has 1 amide bonds. The highest BCUT2D eigenvalue weighted by Gasteiger charge is 2.25. The molecule has 1 aromatic carbocycles. The third kappa shape index (κ3) is 4.42. The van der Waals surface area contributed by atoms with Crippen molar-refractivity contribution < 1.29 is 14.3 Å². The number of aromatic nitrogens is 4. The third-order valence-corrected chi connectivity index (χ3v) is 6.52. The number of aliphatic hydroxyl groups is 1. The van der Waals surface area contributed by atoms with Gasteiger partial charge < -0.3 is 14.4 Å². The van der Waals surface area contributed by atoms with E-state index in [0.29, 0.717) is 36.1 Å². The molecule has 0 bridgehead atoms. The van der Waals surface area contributed by atoms with Crippen molar-refractivity contribution in [2.75, 3.05) is 10.2 Å². The molecule has 0 saturated carbocycles. The zero-order valence-corrected chi connectivity index (χ0v) is 19.7. The Hall–Kier alpha value is -3.63. The smallest absolute Gasteiger partial charge is 0.295 e. The lowest BCUT2D eigenvalue weighted by atomic mass is 9.97. The van der Waals surface area contributed by atoms with Crippen molar-refractivity contribution in [3.8, 4) is 11.3 Å². The molecule has 4 aromatic rings. The second kappa shape index (κ2) is 9.32. The van der Waals surface area contributed by atoms with Crippen LogP contribution < -0.4 is 10.2 Å². The van der Waals surface area contributed by atoms with Gasteiger partial charge in [-0.15, -0.1) is 11.3 Å². The van der Waals surface area contributed by atoms with Gasteiger partial charge in [0.2, 0.25) is 5.76 Å². The zero-order valence-electron chi connectivity index (χ0n) is 18.9. The number of rotatable bonds is 6. The summed E-state index contributed by atoms with van der Waals surface area (Å²) in [6.07, 6.45) is 6.49. The van der Waals surface area contributed by atoms with Crippen molar-refractivity contribution in [2.24, 2.45) is 0 Å². The maximum atomic E-state index is 12.6. The summed E-state index contributed by atoms with van der Waals surface area (Å²) in [5.74, 6) is 0.394. The Morgan fingerprint density at radius 1 is 1.29 bits per heavy atom. The predicted molar refractivity (Wildman–Crippen MR) is 129 cm³/mol. The first-order valence-corrected chi connectivity index (χ1v) is 11.9. The second-order valence-electron chi connectivity index (χ2n) is 8.11. The Balaban J connectivity index is 1.34. The second-order valence-corrected chi connectivity index (χ2v) is 8.96. The van der Waals surface area contributed by atoms with Gasteiger partial charge in [0, 0.05) is 47.6 Å². The lowest BCUT2D eigenvalue weighted by Gasteiger charge is -2.36. The van der Waals surface area contributed by atoms with Gasteiger partial charge >= 0.3 is 0 Å². The monoisotopic (exact) mass is 476 g/mol. The molecule has 1 atom stereocenters. The molecular weight excluding hydrogens is 452 g/mol. The molecule has 10 heteroatoms. The molecule has 2 N–H and O–H groups in total. The summed E-state index contributed by atoms with van der Waals surface area (Å²) in [6.45, 7) is 4.21. The van der Waals surface area contributed by atoms with E-state index < -0.39 is 6.23 Å². The minimum atomic E-state index is -0.563. The van der Waals surface area contributed by atoms with Gasteiger partial charge in [-0.2, -0.15) is 0 Å². The van der Waals surface area contributed by atoms with Crippen LogP contribution in [-0.4, -0.2) is 37.2 Å². The SMILES string of the molecule is CCc1nc(C)c(C(=O)Nc2nc(-c3ccc4c(c3)CCC(O)N4Cc3cncnc3)cs2)o1. The minimum absolute atomic E-state index is 0.213. The highest BCUT2D eigenvalue weighted by Crippen LogP contribution is 2.35. The standard InChI is InChI=1S/C24H24N6O3S/c1-3-20-27-14(2)22(33-20)23(32)29-24-28-18(12-34-24)16-4-6-19-17(8-16)5-7-21(31)30(19)11-15-9-25-13-26-10-15/h4,6,8-10,12-13,21,31H,3,5,7,11H2,1-2H3,(H,28,29,32). The normalized spacial score (nSPS) is 15.3. The molecule has 0 aliphatic carbocycles. The average molecular weight is 477 g/mol. The number of hydrogen-bond acceptors (Lipinski definition) is 9. The molecule has 174 valence electrons. The molecule has 0 spiro atoms. The highest BCUT2D eigenvalue weighted by atomic mass is 32.1. The van der Waals surface area contributed by atoms with Crippen molar-refractivity contribution in [1.82, 2.24) is 19.9 Å². The average Bonchev–Trinajstić information content (AvgIpc) is 3.47. The molecule has 9 nitrogen and oxygen atoms in total. The fraction of sp³-hybridized carbons (Fsp3) is 0.292. The Kier molecular flexibility index (Phi) is 6.08. The topological polar surface area (TPSA) is 117 Å². The van der Waals surface area contributed by atoms with Crippen molar-refractivity contribution in [2.45, 2.75) is 45.9 Å². The van der Waals surface area contributed by atoms with Crippen LogP contribution in [0.3, 0.4) is 0 Å². The van der Waals surface area contributed by atoms with Crippen LogP contribution in [0.5, 0.6) is 0 Å². The Bertz CT molecular complexity index is 1320. The number of aryl methyl sites for hydroxylation is 3. The number of benzene rings is 1. The van der Waals surface area contributed by atoms with E-state index in [0.717, 1.165) is 34.5 Å². The fourth-order valence-corrected chi connectivity index (χ4v) is 4.77. The molecule has 1 aliphatic heterocycles. The number of anilines is 2. The van der Waals surface area contributed by atoms with Crippen LogP contribution in [0.4, 0.5) is 10.8 Å². The van der Waals surface area contributed by atoms with Gasteiger partial charge in [0.1, 0.15) is 12.6 Å². The number of thiazole rings is 1. The van der Waals surface area contributed by atoms with E-state index in [2.05, 4.69) is 31.3 Å². The Morgan fingerprint density at radius 2 is 2.12 bits per heavy atom. The number of nitrogens with one attached hydrogen (secondary N) is 1. The van der Waals surface area contributed by atoms with Crippen LogP contribution in [0, 0.1) is 6.92 Å². The van der Waals surface area contributed by atoms with Crippen molar-refractivity contribution in [3.63, 3.8) is 0 Å². The number of oxazole rings is 1. The van der Waals surface area contributed by atoms with Crippen LogP contribution in [0.15, 0.2) is 46.7 Å². The first-order chi connectivity index (χ1) is 16.5. The lowest BCUT2D eigenvalue weighted by molar-refractivity contribution is 0.0994. The number of carbonyl (C=O) groups excluding carboxylic acids is 1. The third-order valence-electron chi connectivity index (χ3n) is 5.76. The van der Waals surface area contributed by atoms with Crippen molar-refractivity contribution in [3.05, 3.63) is 70.8 Å². The van der Waals surface area contributed by atoms with Gasteiger partial charge in [-0.3, -0.25) is 10.1 Å². The molecule has 0 saturated heterocycles. The van der Waals surface area contributed by atoms with Crippen LogP contribution >= 0.6 is 11.3 Å². The molecule has 34 heavy (non-hydrogen) atoms. The van der Waals surface area contributed by atoms with E-state index in [1.54, 1.807) is 19.3 Å². The van der Waals surface area contributed by atoms with E-state index in [1.807, 2.05) is 29.3 Å². The van der Waals surface area contributed by atoms with Crippen LogP contribution in [-0.2, 0) is 19.4 Å². The number of aliphatic hydroxyl groups excluding tert-OH is 1. The summed E-state index contributed by atoms with van der Waals surface area (Å²) >= 11 is 1.36. The molecule has 3 aromatic heterocycles. The number of amides is 1. The van der Waals surface area contributed by atoms with Crippen molar-refractivity contribution in [1.29, 1.82) is 0 Å². The van der Waals surface area contributed by atoms with Gasteiger partial charge in [0.25, 0.3) is 5.91 Å². The van der Waals surface area contributed by atoms with Crippen molar-refractivity contribution >= 4 is 28.1 Å². The zero-order chi connectivity index (χ0) is 23.7. The van der Waals surface area contributed by atoms with E-state index in [1.165, 1.54) is 17.7 Å². The maximum absolute atomic E-state index is 12.6. The van der Waals surface area contributed by atoms with E-state index in [9.17, 15) is 9.90 Å². The van der Waals surface area contributed by atoms with Crippen LogP contribution in [0.2, 0.25) is 0 Å². The molecular formula is C24H24N6O3S. The molecule has 1 aliphatic rings. The minimum Gasteiger partial charge on any atom is -0.435 e.